The Labute approximate surface area is 184 Å². The van der Waals surface area contributed by atoms with Gasteiger partial charge in [-0.25, -0.2) is 4.79 Å². The lowest BCUT2D eigenvalue weighted by molar-refractivity contribution is 0.0907. The first-order chi connectivity index (χ1) is 15.0. The first kappa shape index (κ1) is 22.1. The van der Waals surface area contributed by atoms with Crippen LogP contribution in [-0.2, 0) is 13.0 Å². The van der Waals surface area contributed by atoms with E-state index in [9.17, 15) is 9.59 Å². The first-order valence-corrected chi connectivity index (χ1v) is 9.84. The predicted molar refractivity (Wildman–Crippen MR) is 115 cm³/mol. The lowest BCUT2D eigenvalue weighted by atomic mass is 10.2. The fourth-order valence-corrected chi connectivity index (χ4v) is 2.83. The van der Waals surface area contributed by atoms with Crippen molar-refractivity contribution in [2.45, 2.75) is 13.0 Å². The zero-order valence-corrected chi connectivity index (χ0v) is 17.8. The molecule has 0 spiro atoms. The zero-order chi connectivity index (χ0) is 22.2. The molecular formula is C21H22ClN5O4. The highest BCUT2D eigenvalue weighted by Crippen LogP contribution is 2.27. The molecule has 2 aromatic carbocycles. The second-order valence-electron chi connectivity index (χ2n) is 6.63. The minimum Gasteiger partial charge on any atom is -0.495 e. The molecule has 3 aromatic rings. The number of carbonyl (C=O) groups is 2. The maximum absolute atomic E-state index is 12.4. The summed E-state index contributed by atoms with van der Waals surface area (Å²) in [5.41, 5.74) is 1.42. The number of ether oxygens (including phenoxy) is 1. The first-order valence-electron chi connectivity index (χ1n) is 9.46. The van der Waals surface area contributed by atoms with E-state index in [1.165, 1.54) is 12.0 Å². The minimum absolute atomic E-state index is 0.123. The summed E-state index contributed by atoms with van der Waals surface area (Å²) in [5.74, 6) is 0.240. The summed E-state index contributed by atoms with van der Waals surface area (Å²) in [6.07, 6.45) is 0.312. The third kappa shape index (κ3) is 6.19. The second-order valence-corrected chi connectivity index (χ2v) is 7.07. The Balaban J connectivity index is 1.50. The molecule has 0 radical (unpaired) electrons. The summed E-state index contributed by atoms with van der Waals surface area (Å²) in [6, 6.07) is 14.1. The average Bonchev–Trinajstić information content (AvgIpc) is 3.26. The third-order valence-corrected chi connectivity index (χ3v) is 4.61. The van der Waals surface area contributed by atoms with Crippen molar-refractivity contribution in [3.8, 4) is 5.75 Å². The molecule has 31 heavy (non-hydrogen) atoms. The van der Waals surface area contributed by atoms with Crippen molar-refractivity contribution in [3.63, 3.8) is 0 Å². The van der Waals surface area contributed by atoms with E-state index in [2.05, 4.69) is 20.8 Å². The lowest BCUT2D eigenvalue weighted by Gasteiger charge is -2.18. The highest BCUT2D eigenvalue weighted by Gasteiger charge is 2.17. The Morgan fingerprint density at radius 1 is 1.19 bits per heavy atom. The van der Waals surface area contributed by atoms with Crippen LogP contribution in [-0.4, -0.2) is 47.7 Å². The Morgan fingerprint density at radius 2 is 1.97 bits per heavy atom. The van der Waals surface area contributed by atoms with Gasteiger partial charge in [-0.3, -0.25) is 4.79 Å². The summed E-state index contributed by atoms with van der Waals surface area (Å²) in [7, 11) is 3.13. The van der Waals surface area contributed by atoms with Crippen LogP contribution < -0.4 is 15.4 Å². The smallest absolute Gasteiger partial charge is 0.321 e. The summed E-state index contributed by atoms with van der Waals surface area (Å²) < 4.78 is 10.2. The number of anilines is 1. The van der Waals surface area contributed by atoms with Crippen LogP contribution in [0.4, 0.5) is 10.5 Å². The highest BCUT2D eigenvalue weighted by molar-refractivity contribution is 6.31. The predicted octanol–water partition coefficient (Wildman–Crippen LogP) is 3.37. The number of urea groups is 1. The van der Waals surface area contributed by atoms with Gasteiger partial charge in [0.25, 0.3) is 0 Å². The molecule has 0 aliphatic carbocycles. The molecule has 0 fully saturated rings. The van der Waals surface area contributed by atoms with Gasteiger partial charge in [0.15, 0.2) is 5.82 Å². The molecule has 2 N–H and O–H groups in total. The summed E-state index contributed by atoms with van der Waals surface area (Å²) in [5, 5.41) is 9.74. The van der Waals surface area contributed by atoms with Gasteiger partial charge in [-0.05, 0) is 23.8 Å². The second kappa shape index (κ2) is 10.4. The van der Waals surface area contributed by atoms with E-state index < -0.39 is 5.91 Å². The molecule has 1 heterocycles. The van der Waals surface area contributed by atoms with Crippen molar-refractivity contribution in [1.29, 1.82) is 0 Å². The standard InChI is InChI=1S/C21H22ClN5O4/c1-27(21(29)24-16-12-15(22)8-9-17(16)30-2)11-10-18-25-20(31-26-18)19(28)23-13-14-6-4-3-5-7-14/h3-9,12H,10-11,13H2,1-2H3,(H,23,28)(H,24,29). The Kier molecular flexibility index (Phi) is 7.45. The highest BCUT2D eigenvalue weighted by atomic mass is 35.5. The van der Waals surface area contributed by atoms with Crippen LogP contribution in [0.1, 0.15) is 22.1 Å². The maximum Gasteiger partial charge on any atom is 0.321 e. The van der Waals surface area contributed by atoms with E-state index in [1.807, 2.05) is 30.3 Å². The molecule has 0 atom stereocenters. The molecule has 0 bridgehead atoms. The largest absolute Gasteiger partial charge is 0.495 e. The van der Waals surface area contributed by atoms with Crippen molar-refractivity contribution in [3.05, 3.63) is 70.8 Å². The fourth-order valence-electron chi connectivity index (χ4n) is 2.66. The monoisotopic (exact) mass is 443 g/mol. The van der Waals surface area contributed by atoms with Crippen LogP contribution in [0.2, 0.25) is 5.02 Å². The number of carbonyl (C=O) groups excluding carboxylic acids is 2. The topological polar surface area (TPSA) is 110 Å². The van der Waals surface area contributed by atoms with Crippen molar-refractivity contribution >= 4 is 29.2 Å². The van der Waals surface area contributed by atoms with Gasteiger partial charge < -0.3 is 24.8 Å². The van der Waals surface area contributed by atoms with Gasteiger partial charge in [-0.1, -0.05) is 47.1 Å². The number of benzene rings is 2. The SMILES string of the molecule is COc1ccc(Cl)cc1NC(=O)N(C)CCc1noc(C(=O)NCc2ccccc2)n1. The average molecular weight is 444 g/mol. The Hall–Kier alpha value is -3.59. The van der Waals surface area contributed by atoms with Crippen molar-refractivity contribution in [1.82, 2.24) is 20.4 Å². The van der Waals surface area contributed by atoms with Gasteiger partial charge in [0.2, 0.25) is 0 Å². The minimum atomic E-state index is -0.457. The summed E-state index contributed by atoms with van der Waals surface area (Å²) in [4.78, 5) is 30.1. The molecule has 3 amide bonds. The number of halogens is 1. The number of rotatable bonds is 8. The van der Waals surface area contributed by atoms with E-state index in [-0.39, 0.29) is 11.9 Å². The molecule has 9 nitrogen and oxygen atoms in total. The number of amides is 3. The number of hydrogen-bond acceptors (Lipinski definition) is 6. The molecule has 0 saturated heterocycles. The quantitative estimate of drug-likeness (QED) is 0.552. The van der Waals surface area contributed by atoms with E-state index in [0.717, 1.165) is 5.56 Å². The Morgan fingerprint density at radius 3 is 2.71 bits per heavy atom. The van der Waals surface area contributed by atoms with Gasteiger partial charge in [0.05, 0.1) is 12.8 Å². The van der Waals surface area contributed by atoms with E-state index in [0.29, 0.717) is 41.8 Å². The molecule has 0 unspecified atom stereocenters. The van der Waals surface area contributed by atoms with Crippen LogP contribution >= 0.6 is 11.6 Å². The lowest BCUT2D eigenvalue weighted by Crippen LogP contribution is -2.33. The van der Waals surface area contributed by atoms with Crippen molar-refractivity contribution in [2.75, 3.05) is 26.0 Å². The number of nitrogens with zero attached hydrogens (tertiary/aromatic N) is 3. The number of aromatic nitrogens is 2. The van der Waals surface area contributed by atoms with Crippen LogP contribution in [0, 0.1) is 0 Å². The van der Waals surface area contributed by atoms with Crippen molar-refractivity contribution < 1.29 is 18.8 Å². The molecule has 1 aromatic heterocycles. The normalized spacial score (nSPS) is 10.4. The molecular weight excluding hydrogens is 422 g/mol. The fraction of sp³-hybridized carbons (Fsp3) is 0.238. The molecule has 0 saturated carbocycles. The van der Waals surface area contributed by atoms with Crippen molar-refractivity contribution in [2.24, 2.45) is 0 Å². The van der Waals surface area contributed by atoms with E-state index >= 15 is 0 Å². The van der Waals surface area contributed by atoms with Crippen LogP contribution in [0.5, 0.6) is 5.75 Å². The molecule has 3 rings (SSSR count). The summed E-state index contributed by atoms with van der Waals surface area (Å²) >= 11 is 5.98. The molecule has 0 aliphatic rings. The third-order valence-electron chi connectivity index (χ3n) is 4.38. The number of likely N-dealkylation sites (N-methyl/N-ethyl adjacent to an activating group) is 1. The van der Waals surface area contributed by atoms with Gasteiger partial charge >= 0.3 is 17.8 Å². The summed E-state index contributed by atoms with van der Waals surface area (Å²) in [6.45, 7) is 0.659. The molecule has 0 aliphatic heterocycles. The van der Waals surface area contributed by atoms with Gasteiger partial charge in [-0.2, -0.15) is 4.98 Å². The molecule has 162 valence electrons. The zero-order valence-electron chi connectivity index (χ0n) is 17.1. The molecule has 10 heteroatoms. The van der Waals surface area contributed by atoms with Crippen LogP contribution in [0.3, 0.4) is 0 Å². The number of methoxy groups -OCH3 is 1. The van der Waals surface area contributed by atoms with Crippen LogP contribution in [0.25, 0.3) is 0 Å². The maximum atomic E-state index is 12.4. The van der Waals surface area contributed by atoms with Gasteiger partial charge in [0.1, 0.15) is 5.75 Å². The van der Waals surface area contributed by atoms with Gasteiger partial charge in [0, 0.05) is 31.6 Å². The van der Waals surface area contributed by atoms with Crippen LogP contribution in [0.15, 0.2) is 53.1 Å². The van der Waals surface area contributed by atoms with E-state index in [4.69, 9.17) is 20.9 Å². The van der Waals surface area contributed by atoms with E-state index in [1.54, 1.807) is 25.2 Å². The Bertz CT molecular complexity index is 1040. The number of nitrogens with one attached hydrogen (secondary N) is 2. The number of hydrogen-bond donors (Lipinski definition) is 2. The van der Waals surface area contributed by atoms with Gasteiger partial charge in [-0.15, -0.1) is 0 Å².